The van der Waals surface area contributed by atoms with Gasteiger partial charge in [0.1, 0.15) is 5.82 Å². The van der Waals surface area contributed by atoms with E-state index in [2.05, 4.69) is 10.4 Å². The maximum atomic E-state index is 13.6. The van der Waals surface area contributed by atoms with Gasteiger partial charge in [-0.1, -0.05) is 0 Å². The molecule has 1 N–H and O–H groups in total. The topological polar surface area (TPSA) is 53.6 Å². The zero-order valence-corrected chi connectivity index (χ0v) is 10.2. The second-order valence-electron chi connectivity index (χ2n) is 4.23. The number of halogens is 1. The molecule has 4 nitrogen and oxygen atoms in total. The van der Waals surface area contributed by atoms with Gasteiger partial charge in [0, 0.05) is 12.2 Å². The predicted molar refractivity (Wildman–Crippen MR) is 67.0 cm³/mol. The van der Waals surface area contributed by atoms with Crippen LogP contribution >= 0.6 is 0 Å². The van der Waals surface area contributed by atoms with Crippen LogP contribution in [0.1, 0.15) is 25.5 Å². The van der Waals surface area contributed by atoms with Crippen LogP contribution in [-0.4, -0.2) is 9.78 Å². The minimum Gasteiger partial charge on any atom is -0.351 e. The van der Waals surface area contributed by atoms with Gasteiger partial charge in [-0.15, -0.1) is 0 Å². The first-order valence-corrected chi connectivity index (χ1v) is 5.61. The van der Waals surface area contributed by atoms with Gasteiger partial charge < -0.3 is 5.32 Å². The molecular formula is C13H13FN4. The van der Waals surface area contributed by atoms with Crippen molar-refractivity contribution in [3.05, 3.63) is 42.0 Å². The average molecular weight is 244 g/mol. The number of anilines is 2. The van der Waals surface area contributed by atoms with E-state index in [0.29, 0.717) is 16.9 Å². The number of hydrogen-bond donors (Lipinski definition) is 1. The van der Waals surface area contributed by atoms with Crippen LogP contribution in [0.3, 0.4) is 0 Å². The van der Waals surface area contributed by atoms with E-state index in [9.17, 15) is 4.39 Å². The van der Waals surface area contributed by atoms with Gasteiger partial charge in [0.05, 0.1) is 29.2 Å². The Balaban J connectivity index is 2.21. The third-order valence-corrected chi connectivity index (χ3v) is 2.51. The molecule has 0 aliphatic heterocycles. The normalized spacial score (nSPS) is 10.4. The molecule has 1 aromatic carbocycles. The fourth-order valence-electron chi connectivity index (χ4n) is 1.53. The van der Waals surface area contributed by atoms with Gasteiger partial charge in [-0.05, 0) is 32.0 Å². The molecule has 0 saturated heterocycles. The highest BCUT2D eigenvalue weighted by Gasteiger charge is 2.06. The summed E-state index contributed by atoms with van der Waals surface area (Å²) in [5.74, 6) is -0.452. The van der Waals surface area contributed by atoms with Crippen molar-refractivity contribution in [3.8, 4) is 6.07 Å². The molecule has 0 unspecified atom stereocenters. The van der Waals surface area contributed by atoms with Crippen LogP contribution in [0.2, 0.25) is 0 Å². The first kappa shape index (κ1) is 12.1. The molecule has 0 fully saturated rings. The van der Waals surface area contributed by atoms with Crippen molar-refractivity contribution in [1.29, 1.82) is 5.26 Å². The number of aromatic nitrogens is 2. The smallest absolute Gasteiger partial charge is 0.147 e. The van der Waals surface area contributed by atoms with Crippen LogP contribution in [-0.2, 0) is 0 Å². The lowest BCUT2D eigenvalue weighted by molar-refractivity contribution is 0.532. The molecule has 0 saturated carbocycles. The van der Waals surface area contributed by atoms with E-state index >= 15 is 0 Å². The Kier molecular flexibility index (Phi) is 3.28. The average Bonchev–Trinajstić information content (AvgIpc) is 2.80. The highest BCUT2D eigenvalue weighted by atomic mass is 19.1. The van der Waals surface area contributed by atoms with Crippen molar-refractivity contribution in [2.24, 2.45) is 0 Å². The van der Waals surface area contributed by atoms with Gasteiger partial charge in [0.2, 0.25) is 0 Å². The van der Waals surface area contributed by atoms with Gasteiger partial charge in [0.25, 0.3) is 0 Å². The van der Waals surface area contributed by atoms with E-state index < -0.39 is 5.82 Å². The summed E-state index contributed by atoms with van der Waals surface area (Å²) in [7, 11) is 0. The van der Waals surface area contributed by atoms with E-state index in [0.717, 1.165) is 0 Å². The fourth-order valence-corrected chi connectivity index (χ4v) is 1.53. The first-order chi connectivity index (χ1) is 8.60. The van der Waals surface area contributed by atoms with Crippen LogP contribution in [0.25, 0.3) is 0 Å². The quantitative estimate of drug-likeness (QED) is 0.901. The Morgan fingerprint density at radius 3 is 2.78 bits per heavy atom. The molecule has 5 heteroatoms. The minimum atomic E-state index is -0.452. The molecule has 18 heavy (non-hydrogen) atoms. The Labute approximate surface area is 105 Å². The van der Waals surface area contributed by atoms with E-state index in [1.165, 1.54) is 6.07 Å². The van der Waals surface area contributed by atoms with Crippen LogP contribution in [0.4, 0.5) is 15.8 Å². The maximum absolute atomic E-state index is 13.6. The zero-order valence-electron chi connectivity index (χ0n) is 10.2. The highest BCUT2D eigenvalue weighted by Crippen LogP contribution is 2.21. The molecule has 0 amide bonds. The number of nitrogens with one attached hydrogen (secondary N) is 1. The molecule has 2 rings (SSSR count). The minimum absolute atomic E-state index is 0.256. The van der Waals surface area contributed by atoms with Crippen LogP contribution in [0.15, 0.2) is 30.6 Å². The standard InChI is InChI=1S/C13H13FN4/c1-9(2)18-8-11(7-16-18)17-13-4-3-10(6-15)5-12(13)14/h3-5,7-9,17H,1-2H3. The van der Waals surface area contributed by atoms with Crippen molar-refractivity contribution in [2.75, 3.05) is 5.32 Å². The van der Waals surface area contributed by atoms with Crippen LogP contribution in [0.5, 0.6) is 0 Å². The summed E-state index contributed by atoms with van der Waals surface area (Å²) in [4.78, 5) is 0. The predicted octanol–water partition coefficient (Wildman–Crippen LogP) is 3.22. The summed E-state index contributed by atoms with van der Waals surface area (Å²) in [6.45, 7) is 4.03. The van der Waals surface area contributed by atoms with E-state index in [1.54, 1.807) is 23.0 Å². The molecule has 1 heterocycles. The summed E-state index contributed by atoms with van der Waals surface area (Å²) < 4.78 is 15.4. The van der Waals surface area contributed by atoms with Crippen molar-refractivity contribution in [3.63, 3.8) is 0 Å². The fraction of sp³-hybridized carbons (Fsp3) is 0.231. The van der Waals surface area contributed by atoms with Crippen LogP contribution < -0.4 is 5.32 Å². The second kappa shape index (κ2) is 4.88. The van der Waals surface area contributed by atoms with Gasteiger partial charge in [0.15, 0.2) is 0 Å². The molecule has 0 radical (unpaired) electrons. The molecule has 0 aliphatic carbocycles. The lowest BCUT2D eigenvalue weighted by Gasteiger charge is -2.06. The van der Waals surface area contributed by atoms with E-state index in [1.807, 2.05) is 26.1 Å². The maximum Gasteiger partial charge on any atom is 0.147 e. The molecule has 0 aliphatic rings. The van der Waals surface area contributed by atoms with Crippen molar-refractivity contribution >= 4 is 11.4 Å². The number of nitrogens with zero attached hydrogens (tertiary/aromatic N) is 3. The largest absolute Gasteiger partial charge is 0.351 e. The Morgan fingerprint density at radius 1 is 1.44 bits per heavy atom. The van der Waals surface area contributed by atoms with Crippen molar-refractivity contribution in [1.82, 2.24) is 9.78 Å². The lowest BCUT2D eigenvalue weighted by Crippen LogP contribution is -2.00. The monoisotopic (exact) mass is 244 g/mol. The van der Waals surface area contributed by atoms with Crippen LogP contribution in [0, 0.1) is 17.1 Å². The molecule has 2 aromatic rings. The summed E-state index contributed by atoms with van der Waals surface area (Å²) in [5.41, 5.74) is 1.35. The van der Waals surface area contributed by atoms with Gasteiger partial charge in [-0.3, -0.25) is 4.68 Å². The molecule has 1 aromatic heterocycles. The molecule has 92 valence electrons. The third-order valence-electron chi connectivity index (χ3n) is 2.51. The summed E-state index contributed by atoms with van der Waals surface area (Å²) >= 11 is 0. The highest BCUT2D eigenvalue weighted by molar-refractivity contribution is 5.59. The number of hydrogen-bond acceptors (Lipinski definition) is 3. The van der Waals surface area contributed by atoms with Gasteiger partial charge in [-0.25, -0.2) is 4.39 Å². The number of rotatable bonds is 3. The van der Waals surface area contributed by atoms with Crippen molar-refractivity contribution < 1.29 is 4.39 Å². The first-order valence-electron chi connectivity index (χ1n) is 5.61. The lowest BCUT2D eigenvalue weighted by atomic mass is 10.2. The second-order valence-corrected chi connectivity index (χ2v) is 4.23. The summed E-state index contributed by atoms with van der Waals surface area (Å²) in [6, 6.07) is 6.46. The van der Waals surface area contributed by atoms with E-state index in [-0.39, 0.29) is 6.04 Å². The Morgan fingerprint density at radius 2 is 2.22 bits per heavy atom. The van der Waals surface area contributed by atoms with Gasteiger partial charge >= 0.3 is 0 Å². The molecule has 0 bridgehead atoms. The third kappa shape index (κ3) is 2.48. The molecule has 0 atom stereocenters. The number of nitriles is 1. The summed E-state index contributed by atoms with van der Waals surface area (Å²) in [6.07, 6.45) is 3.44. The Bertz CT molecular complexity index is 595. The zero-order chi connectivity index (χ0) is 13.1. The Hall–Kier alpha value is -2.35. The molecule has 0 spiro atoms. The van der Waals surface area contributed by atoms with E-state index in [4.69, 9.17) is 5.26 Å². The summed E-state index contributed by atoms with van der Waals surface area (Å²) in [5, 5.41) is 15.7. The van der Waals surface area contributed by atoms with Crippen molar-refractivity contribution in [2.45, 2.75) is 19.9 Å². The molecular weight excluding hydrogens is 231 g/mol. The number of benzene rings is 1. The SMILES string of the molecule is CC(C)n1cc(Nc2ccc(C#N)cc2F)cn1. The van der Waals surface area contributed by atoms with Gasteiger partial charge in [-0.2, -0.15) is 10.4 Å².